The molecule has 1 unspecified atom stereocenters. The van der Waals surface area contributed by atoms with E-state index in [-0.39, 0.29) is 24.7 Å². The maximum atomic E-state index is 12.9. The summed E-state index contributed by atoms with van der Waals surface area (Å²) in [7, 11) is 0. The van der Waals surface area contributed by atoms with Crippen molar-refractivity contribution in [3.8, 4) is 0 Å². The van der Waals surface area contributed by atoms with Crippen LogP contribution in [0.4, 0.5) is 8.78 Å². The first kappa shape index (κ1) is 13.9. The summed E-state index contributed by atoms with van der Waals surface area (Å²) in [5.74, 6) is -2.84. The van der Waals surface area contributed by atoms with E-state index in [1.165, 1.54) is 0 Å². The zero-order chi connectivity index (χ0) is 12.2. The van der Waals surface area contributed by atoms with Crippen molar-refractivity contribution < 1.29 is 13.6 Å². The highest BCUT2D eigenvalue weighted by Crippen LogP contribution is 2.36. The van der Waals surface area contributed by atoms with Crippen molar-refractivity contribution in [3.05, 3.63) is 0 Å². The lowest BCUT2D eigenvalue weighted by Crippen LogP contribution is -2.36. The van der Waals surface area contributed by atoms with Gasteiger partial charge in [0.05, 0.1) is 0 Å². The summed E-state index contributed by atoms with van der Waals surface area (Å²) in [4.78, 5) is 12.0. The third-order valence-corrected chi connectivity index (χ3v) is 3.39. The van der Waals surface area contributed by atoms with Crippen LogP contribution in [-0.4, -0.2) is 23.2 Å². The molecule has 1 aliphatic carbocycles. The van der Waals surface area contributed by atoms with Crippen molar-refractivity contribution in [2.45, 2.75) is 49.8 Å². The molecule has 94 valence electrons. The summed E-state index contributed by atoms with van der Waals surface area (Å²) in [5, 5.41) is 2.80. The Kier molecular flexibility index (Phi) is 5.15. The van der Waals surface area contributed by atoms with Crippen LogP contribution in [0.25, 0.3) is 0 Å². The van der Waals surface area contributed by atoms with Crippen molar-refractivity contribution >= 4 is 21.8 Å². The van der Waals surface area contributed by atoms with Crippen LogP contribution in [0.15, 0.2) is 0 Å². The fourth-order valence-electron chi connectivity index (χ4n) is 1.84. The summed E-state index contributed by atoms with van der Waals surface area (Å²) in [6, 6.07) is 0. The van der Waals surface area contributed by atoms with E-state index in [0.29, 0.717) is 24.2 Å². The minimum absolute atomic E-state index is 0.0661. The van der Waals surface area contributed by atoms with Crippen molar-refractivity contribution in [1.29, 1.82) is 0 Å². The molecule has 0 saturated heterocycles. The summed E-state index contributed by atoms with van der Waals surface area (Å²) < 4.78 is 25.7. The maximum absolute atomic E-state index is 12.9. The predicted molar refractivity (Wildman–Crippen MR) is 62.9 cm³/mol. The molecule has 1 rings (SSSR count). The molecule has 0 heterocycles. The lowest BCUT2D eigenvalue weighted by atomic mass is 9.86. The average Bonchev–Trinajstić information content (AvgIpc) is 2.16. The van der Waals surface area contributed by atoms with E-state index < -0.39 is 5.92 Å². The van der Waals surface area contributed by atoms with Gasteiger partial charge in [-0.25, -0.2) is 8.78 Å². The second-order valence-corrected chi connectivity index (χ2v) is 6.05. The molecule has 0 aliphatic heterocycles. The Morgan fingerprint density at radius 2 is 2.06 bits per heavy atom. The zero-order valence-corrected chi connectivity index (χ0v) is 11.0. The van der Waals surface area contributed by atoms with Crippen LogP contribution in [-0.2, 0) is 4.79 Å². The Bertz CT molecular complexity index is 236. The number of hydrogen-bond acceptors (Lipinski definition) is 1. The number of amides is 1. The molecular formula is C11H18BrF2NO. The van der Waals surface area contributed by atoms with Crippen molar-refractivity contribution in [2.75, 3.05) is 6.54 Å². The van der Waals surface area contributed by atoms with E-state index in [2.05, 4.69) is 21.2 Å². The SMILES string of the molecule is CC(Br)CCNC(=O)C1CCC(F)(F)CC1. The number of carbonyl (C=O) groups excluding carboxylic acids is 1. The molecule has 1 aliphatic rings. The van der Waals surface area contributed by atoms with Gasteiger partial charge in [-0.05, 0) is 19.3 Å². The molecule has 2 nitrogen and oxygen atoms in total. The van der Waals surface area contributed by atoms with Crippen LogP contribution in [0.3, 0.4) is 0 Å². The summed E-state index contributed by atoms with van der Waals surface area (Å²) in [5.41, 5.74) is 0. The number of nitrogens with one attached hydrogen (secondary N) is 1. The molecule has 1 atom stereocenters. The van der Waals surface area contributed by atoms with E-state index in [1.54, 1.807) is 0 Å². The highest BCUT2D eigenvalue weighted by atomic mass is 79.9. The Balaban J connectivity index is 2.23. The number of carbonyl (C=O) groups is 1. The van der Waals surface area contributed by atoms with E-state index in [4.69, 9.17) is 0 Å². The summed E-state index contributed by atoms with van der Waals surface area (Å²) in [6.45, 7) is 2.62. The molecule has 0 bridgehead atoms. The summed E-state index contributed by atoms with van der Waals surface area (Å²) >= 11 is 3.38. The van der Waals surface area contributed by atoms with E-state index in [0.717, 1.165) is 6.42 Å². The number of rotatable bonds is 4. The number of halogens is 3. The van der Waals surface area contributed by atoms with Gasteiger partial charge < -0.3 is 5.32 Å². The van der Waals surface area contributed by atoms with Gasteiger partial charge in [0.25, 0.3) is 0 Å². The van der Waals surface area contributed by atoms with Gasteiger partial charge in [0.2, 0.25) is 11.8 Å². The largest absolute Gasteiger partial charge is 0.356 e. The van der Waals surface area contributed by atoms with Gasteiger partial charge in [-0.15, -0.1) is 0 Å². The predicted octanol–water partition coefficient (Wildman–Crippen LogP) is 3.10. The molecular weight excluding hydrogens is 280 g/mol. The standard InChI is InChI=1S/C11H18BrF2NO/c1-8(12)4-7-15-10(16)9-2-5-11(13,14)6-3-9/h8-9H,2-7H2,1H3,(H,15,16). The molecule has 16 heavy (non-hydrogen) atoms. The molecule has 0 aromatic carbocycles. The second-order valence-electron chi connectivity index (χ2n) is 4.49. The number of alkyl halides is 3. The molecule has 0 aromatic heterocycles. The molecule has 1 N–H and O–H groups in total. The number of hydrogen-bond donors (Lipinski definition) is 1. The van der Waals surface area contributed by atoms with Crippen LogP contribution in [0.1, 0.15) is 39.0 Å². The minimum atomic E-state index is -2.55. The molecule has 1 fully saturated rings. The topological polar surface area (TPSA) is 29.1 Å². The van der Waals surface area contributed by atoms with Gasteiger partial charge in [0.15, 0.2) is 0 Å². The molecule has 5 heteroatoms. The fraction of sp³-hybridized carbons (Fsp3) is 0.909. The van der Waals surface area contributed by atoms with Gasteiger partial charge in [-0.1, -0.05) is 22.9 Å². The maximum Gasteiger partial charge on any atom is 0.248 e. The summed E-state index contributed by atoms with van der Waals surface area (Å²) in [6.07, 6.45) is 1.17. The minimum Gasteiger partial charge on any atom is -0.356 e. The lowest BCUT2D eigenvalue weighted by molar-refractivity contribution is -0.129. The van der Waals surface area contributed by atoms with Gasteiger partial charge >= 0.3 is 0 Å². The highest BCUT2D eigenvalue weighted by molar-refractivity contribution is 9.09. The third kappa shape index (κ3) is 4.76. The Labute approximate surface area is 103 Å². The van der Waals surface area contributed by atoms with Gasteiger partial charge in [0, 0.05) is 30.1 Å². The fourth-order valence-corrected chi connectivity index (χ4v) is 2.07. The van der Waals surface area contributed by atoms with Gasteiger partial charge in [-0.2, -0.15) is 0 Å². The second kappa shape index (κ2) is 5.94. The molecule has 0 spiro atoms. The van der Waals surface area contributed by atoms with Crippen LogP contribution >= 0.6 is 15.9 Å². The van der Waals surface area contributed by atoms with Gasteiger partial charge in [0.1, 0.15) is 0 Å². The molecule has 1 amide bonds. The Morgan fingerprint density at radius 3 is 2.56 bits per heavy atom. The van der Waals surface area contributed by atoms with Crippen LogP contribution in [0.5, 0.6) is 0 Å². The van der Waals surface area contributed by atoms with Crippen molar-refractivity contribution in [2.24, 2.45) is 5.92 Å². The van der Waals surface area contributed by atoms with Gasteiger partial charge in [-0.3, -0.25) is 4.79 Å². The molecule has 0 aromatic rings. The van der Waals surface area contributed by atoms with Crippen LogP contribution < -0.4 is 5.32 Å². The first-order valence-corrected chi connectivity index (χ1v) is 6.62. The van der Waals surface area contributed by atoms with E-state index in [1.807, 2.05) is 6.92 Å². The average molecular weight is 298 g/mol. The molecule has 0 radical (unpaired) electrons. The normalized spacial score (nSPS) is 22.8. The smallest absolute Gasteiger partial charge is 0.248 e. The highest BCUT2D eigenvalue weighted by Gasteiger charge is 2.37. The Morgan fingerprint density at radius 1 is 1.50 bits per heavy atom. The lowest BCUT2D eigenvalue weighted by Gasteiger charge is -2.27. The van der Waals surface area contributed by atoms with Crippen LogP contribution in [0.2, 0.25) is 0 Å². The van der Waals surface area contributed by atoms with Crippen LogP contribution in [0, 0.1) is 5.92 Å². The zero-order valence-electron chi connectivity index (χ0n) is 9.44. The quantitative estimate of drug-likeness (QED) is 0.794. The first-order chi connectivity index (χ1) is 7.41. The monoisotopic (exact) mass is 297 g/mol. The first-order valence-electron chi connectivity index (χ1n) is 5.70. The van der Waals surface area contributed by atoms with Crippen molar-refractivity contribution in [3.63, 3.8) is 0 Å². The van der Waals surface area contributed by atoms with E-state index in [9.17, 15) is 13.6 Å². The molecule has 1 saturated carbocycles. The third-order valence-electron chi connectivity index (χ3n) is 2.93. The Hall–Kier alpha value is -0.190. The van der Waals surface area contributed by atoms with Crippen molar-refractivity contribution in [1.82, 2.24) is 5.32 Å². The van der Waals surface area contributed by atoms with E-state index >= 15 is 0 Å².